The molecule has 0 saturated carbocycles. The number of hydrogen-bond acceptors (Lipinski definition) is 4. The van der Waals surface area contributed by atoms with E-state index in [1.165, 1.54) is 0 Å². The average Bonchev–Trinajstić information content (AvgIpc) is 2.63. The third-order valence-corrected chi connectivity index (χ3v) is 3.38. The highest BCUT2D eigenvalue weighted by molar-refractivity contribution is 5.01. The summed E-state index contributed by atoms with van der Waals surface area (Å²) < 4.78 is 7.34. The number of aromatic nitrogens is 3. The van der Waals surface area contributed by atoms with Crippen molar-refractivity contribution in [2.75, 3.05) is 6.61 Å². The second-order valence-electron chi connectivity index (χ2n) is 5.39. The highest BCUT2D eigenvalue weighted by Gasteiger charge is 2.36. The summed E-state index contributed by atoms with van der Waals surface area (Å²) in [5.41, 5.74) is 0.155. The molecule has 1 aromatic rings. The van der Waals surface area contributed by atoms with Gasteiger partial charge in [-0.3, -0.25) is 4.68 Å². The van der Waals surface area contributed by atoms with Gasteiger partial charge in [0.2, 0.25) is 0 Å². The molecule has 5 nitrogen and oxygen atoms in total. The lowest BCUT2D eigenvalue weighted by Gasteiger charge is -2.38. The zero-order valence-corrected chi connectivity index (χ0v) is 10.8. The van der Waals surface area contributed by atoms with Crippen molar-refractivity contribution in [1.29, 1.82) is 0 Å². The lowest BCUT2D eigenvalue weighted by atomic mass is 9.83. The van der Waals surface area contributed by atoms with Crippen molar-refractivity contribution >= 4 is 0 Å². The Morgan fingerprint density at radius 1 is 1.65 bits per heavy atom. The van der Waals surface area contributed by atoms with Crippen LogP contribution in [0.4, 0.5) is 0 Å². The topological polar surface area (TPSA) is 60.2 Å². The smallest absolute Gasteiger partial charge is 0.0855 e. The number of hydrogen-bond donors (Lipinski definition) is 1. The Labute approximate surface area is 102 Å². The van der Waals surface area contributed by atoms with Crippen LogP contribution in [0.25, 0.3) is 0 Å². The fourth-order valence-electron chi connectivity index (χ4n) is 2.34. The van der Waals surface area contributed by atoms with E-state index < -0.39 is 5.60 Å². The maximum absolute atomic E-state index is 10.6. The van der Waals surface area contributed by atoms with Gasteiger partial charge < -0.3 is 9.84 Å². The Bertz CT molecular complexity index is 378. The third kappa shape index (κ3) is 3.04. The molecule has 1 N–H and O–H groups in total. The molecule has 2 heterocycles. The molecule has 5 heteroatoms. The quantitative estimate of drug-likeness (QED) is 0.852. The van der Waals surface area contributed by atoms with E-state index in [9.17, 15) is 5.11 Å². The summed E-state index contributed by atoms with van der Waals surface area (Å²) in [6.07, 6.45) is 3.92. The van der Waals surface area contributed by atoms with Gasteiger partial charge in [-0.05, 0) is 12.3 Å². The Balaban J connectivity index is 2.03. The lowest BCUT2D eigenvalue weighted by molar-refractivity contribution is -0.116. The molecule has 0 radical (unpaired) electrons. The summed E-state index contributed by atoms with van der Waals surface area (Å²) >= 11 is 0. The van der Waals surface area contributed by atoms with E-state index in [4.69, 9.17) is 4.74 Å². The van der Waals surface area contributed by atoms with Crippen molar-refractivity contribution in [2.24, 2.45) is 13.0 Å². The van der Waals surface area contributed by atoms with Gasteiger partial charge in [-0.25, -0.2) is 0 Å². The number of nitrogens with zero attached hydrogens (tertiary/aromatic N) is 3. The van der Waals surface area contributed by atoms with Crippen molar-refractivity contribution in [3.8, 4) is 0 Å². The van der Waals surface area contributed by atoms with Crippen LogP contribution in [0.3, 0.4) is 0 Å². The van der Waals surface area contributed by atoms with Gasteiger partial charge in [0, 0.05) is 32.7 Å². The standard InChI is InChI=1S/C12H21N3O2/c1-9(2)11-7-12(16,4-5-17-11)6-10-8-15(3)14-13-10/h8-9,11,16H,4-7H2,1-3H3. The SMILES string of the molecule is CC(C)C1CC(O)(Cc2cn(C)nn2)CCO1. The van der Waals surface area contributed by atoms with Crippen LogP contribution in [0.1, 0.15) is 32.4 Å². The van der Waals surface area contributed by atoms with Gasteiger partial charge in [0.05, 0.1) is 17.4 Å². The molecule has 2 rings (SSSR count). The molecule has 0 aliphatic carbocycles. The van der Waals surface area contributed by atoms with Crippen LogP contribution in [0.15, 0.2) is 6.20 Å². The second-order valence-corrected chi connectivity index (χ2v) is 5.39. The highest BCUT2D eigenvalue weighted by Crippen LogP contribution is 2.30. The molecule has 96 valence electrons. The third-order valence-electron chi connectivity index (χ3n) is 3.38. The van der Waals surface area contributed by atoms with E-state index >= 15 is 0 Å². The van der Waals surface area contributed by atoms with E-state index in [0.29, 0.717) is 31.8 Å². The first-order valence-electron chi connectivity index (χ1n) is 6.18. The average molecular weight is 239 g/mol. The minimum atomic E-state index is -0.691. The van der Waals surface area contributed by atoms with E-state index in [0.717, 1.165) is 5.69 Å². The van der Waals surface area contributed by atoms with Crippen LogP contribution in [-0.2, 0) is 18.2 Å². The lowest BCUT2D eigenvalue weighted by Crippen LogP contribution is -2.44. The molecule has 2 unspecified atom stereocenters. The maximum Gasteiger partial charge on any atom is 0.0855 e. The molecule has 0 aromatic carbocycles. The minimum absolute atomic E-state index is 0.144. The molecule has 1 aliphatic rings. The fraction of sp³-hybridized carbons (Fsp3) is 0.833. The zero-order chi connectivity index (χ0) is 12.5. The molecular formula is C12H21N3O2. The van der Waals surface area contributed by atoms with Crippen molar-refractivity contribution in [3.05, 3.63) is 11.9 Å². The molecule has 0 amide bonds. The van der Waals surface area contributed by atoms with Crippen molar-refractivity contribution in [3.63, 3.8) is 0 Å². The molecule has 2 atom stereocenters. The summed E-state index contributed by atoms with van der Waals surface area (Å²) in [4.78, 5) is 0. The predicted octanol–water partition coefficient (Wildman–Crippen LogP) is 0.924. The number of rotatable bonds is 3. The van der Waals surface area contributed by atoms with E-state index in [1.54, 1.807) is 4.68 Å². The second kappa shape index (κ2) is 4.74. The fourth-order valence-corrected chi connectivity index (χ4v) is 2.34. The van der Waals surface area contributed by atoms with Crippen LogP contribution in [0.5, 0.6) is 0 Å². The van der Waals surface area contributed by atoms with Gasteiger partial charge in [-0.1, -0.05) is 19.1 Å². The number of aryl methyl sites for hydroxylation is 1. The van der Waals surface area contributed by atoms with Gasteiger partial charge in [0.25, 0.3) is 0 Å². The monoisotopic (exact) mass is 239 g/mol. The summed E-state index contributed by atoms with van der Waals surface area (Å²) in [6.45, 7) is 4.87. The van der Waals surface area contributed by atoms with Crippen LogP contribution in [-0.4, -0.2) is 38.4 Å². The first-order chi connectivity index (χ1) is 7.98. The van der Waals surface area contributed by atoms with Gasteiger partial charge in [-0.2, -0.15) is 0 Å². The normalized spacial score (nSPS) is 29.8. The van der Waals surface area contributed by atoms with Gasteiger partial charge in [-0.15, -0.1) is 5.10 Å². The Morgan fingerprint density at radius 2 is 2.41 bits per heavy atom. The van der Waals surface area contributed by atoms with Crippen LogP contribution in [0, 0.1) is 5.92 Å². The Kier molecular flexibility index (Phi) is 3.49. The van der Waals surface area contributed by atoms with Crippen molar-refractivity contribution < 1.29 is 9.84 Å². The highest BCUT2D eigenvalue weighted by atomic mass is 16.5. The summed E-state index contributed by atoms with van der Waals surface area (Å²) in [5, 5.41) is 18.5. The van der Waals surface area contributed by atoms with Crippen molar-refractivity contribution in [1.82, 2.24) is 15.0 Å². The minimum Gasteiger partial charge on any atom is -0.389 e. The first kappa shape index (κ1) is 12.5. The molecule has 1 aromatic heterocycles. The Morgan fingerprint density at radius 3 is 3.00 bits per heavy atom. The van der Waals surface area contributed by atoms with Gasteiger partial charge in [0.15, 0.2) is 0 Å². The van der Waals surface area contributed by atoms with Gasteiger partial charge in [0.1, 0.15) is 0 Å². The van der Waals surface area contributed by atoms with Crippen LogP contribution < -0.4 is 0 Å². The molecule has 17 heavy (non-hydrogen) atoms. The van der Waals surface area contributed by atoms with Gasteiger partial charge >= 0.3 is 0 Å². The molecule has 0 spiro atoms. The molecule has 1 fully saturated rings. The predicted molar refractivity (Wildman–Crippen MR) is 63.5 cm³/mol. The molecule has 1 saturated heterocycles. The summed E-state index contributed by atoms with van der Waals surface area (Å²) in [7, 11) is 1.83. The molecule has 1 aliphatic heterocycles. The largest absolute Gasteiger partial charge is 0.389 e. The number of aliphatic hydroxyl groups is 1. The maximum atomic E-state index is 10.6. The van der Waals surface area contributed by atoms with E-state index in [-0.39, 0.29) is 6.10 Å². The molecule has 0 bridgehead atoms. The summed E-state index contributed by atoms with van der Waals surface area (Å²) in [6, 6.07) is 0. The Hall–Kier alpha value is -0.940. The van der Waals surface area contributed by atoms with E-state index in [2.05, 4.69) is 24.2 Å². The van der Waals surface area contributed by atoms with Crippen LogP contribution >= 0.6 is 0 Å². The molecular weight excluding hydrogens is 218 g/mol. The zero-order valence-electron chi connectivity index (χ0n) is 10.8. The van der Waals surface area contributed by atoms with Crippen LogP contribution in [0.2, 0.25) is 0 Å². The van der Waals surface area contributed by atoms with Crippen molar-refractivity contribution in [2.45, 2.75) is 44.8 Å². The first-order valence-corrected chi connectivity index (χ1v) is 6.18. The number of ether oxygens (including phenoxy) is 1. The van der Waals surface area contributed by atoms with E-state index in [1.807, 2.05) is 13.2 Å². The summed E-state index contributed by atoms with van der Waals surface area (Å²) in [5.74, 6) is 0.434.